The molecule has 0 bridgehead atoms. The van der Waals surface area contributed by atoms with Crippen LogP contribution >= 0.6 is 11.3 Å². The molecule has 3 aromatic rings. The van der Waals surface area contributed by atoms with Crippen molar-refractivity contribution >= 4 is 37.7 Å². The van der Waals surface area contributed by atoms with Crippen molar-refractivity contribution in [1.82, 2.24) is 4.90 Å². The van der Waals surface area contributed by atoms with E-state index >= 15 is 0 Å². The number of aryl methyl sites for hydroxylation is 1. The van der Waals surface area contributed by atoms with Crippen molar-refractivity contribution in [1.29, 1.82) is 0 Å². The number of ether oxygens (including phenoxy) is 1. The second kappa shape index (κ2) is 9.56. The van der Waals surface area contributed by atoms with Gasteiger partial charge < -0.3 is 9.64 Å². The summed E-state index contributed by atoms with van der Waals surface area (Å²) in [7, 11) is 3.73. The van der Waals surface area contributed by atoms with E-state index in [0.717, 1.165) is 26.2 Å². The lowest BCUT2D eigenvalue weighted by Crippen LogP contribution is -2.42. The molecule has 0 aliphatic rings. The highest BCUT2D eigenvalue weighted by Crippen LogP contribution is 2.38. The second-order valence-electron chi connectivity index (χ2n) is 7.33. The summed E-state index contributed by atoms with van der Waals surface area (Å²) in [5, 5.41) is 1.77. The van der Waals surface area contributed by atoms with Crippen molar-refractivity contribution in [2.75, 3.05) is 24.9 Å². The third-order valence-electron chi connectivity index (χ3n) is 4.97. The average Bonchev–Trinajstić information content (AvgIpc) is 3.01. The first-order valence-corrected chi connectivity index (χ1v) is 11.3. The molecule has 0 aliphatic heterocycles. The maximum absolute atomic E-state index is 12.4. The number of hydrogen-bond donors (Lipinski definition) is 1. The van der Waals surface area contributed by atoms with Gasteiger partial charge >= 0.3 is 6.36 Å². The molecular formula is C21H23F3N2O3S2. The first-order valence-electron chi connectivity index (χ1n) is 9.43. The highest BCUT2D eigenvalue weighted by molar-refractivity contribution is 7.81. The minimum atomic E-state index is -4.73. The molecule has 1 heterocycles. The number of likely N-dealkylation sites (N-methyl/N-ethyl adjacent to an activating group) is 1. The summed E-state index contributed by atoms with van der Waals surface area (Å²) in [4.78, 5) is 1.93. The van der Waals surface area contributed by atoms with Gasteiger partial charge in [0.05, 0.1) is 6.54 Å². The summed E-state index contributed by atoms with van der Waals surface area (Å²) in [6.07, 6.45) is -4.25. The maximum atomic E-state index is 12.4. The van der Waals surface area contributed by atoms with Crippen molar-refractivity contribution < 1.29 is 26.7 Å². The minimum Gasteiger partial charge on any atom is -0.406 e. The molecule has 0 radical (unpaired) electrons. The number of fused-ring (bicyclic) bond motifs is 1. The lowest BCUT2D eigenvalue weighted by atomic mass is 10.0. The number of halogens is 3. The van der Waals surface area contributed by atoms with Crippen LogP contribution in [0.15, 0.2) is 48.5 Å². The quantitative estimate of drug-likeness (QED) is 0.457. The number of thiophene rings is 1. The van der Waals surface area contributed by atoms with Gasteiger partial charge in [-0.15, -0.1) is 24.5 Å². The number of hydrogen-bond acceptors (Lipinski definition) is 4. The normalized spacial score (nSPS) is 14.1. The van der Waals surface area contributed by atoms with Crippen LogP contribution in [0, 0.1) is 6.92 Å². The SMILES string of the molecule is Cc1c(N(CC(Cc2ccc(OC(F)(F)F)cc2)N(C)C)S(=O)O)sc2ccccc12. The van der Waals surface area contributed by atoms with Gasteiger partial charge in [0, 0.05) is 10.7 Å². The Balaban J connectivity index is 1.81. The highest BCUT2D eigenvalue weighted by Gasteiger charge is 2.31. The highest BCUT2D eigenvalue weighted by atomic mass is 32.2. The Labute approximate surface area is 185 Å². The van der Waals surface area contributed by atoms with Gasteiger partial charge in [0.2, 0.25) is 0 Å². The molecule has 5 nitrogen and oxygen atoms in total. The van der Waals surface area contributed by atoms with Crippen molar-refractivity contribution in [3.05, 3.63) is 59.7 Å². The lowest BCUT2D eigenvalue weighted by Gasteiger charge is -2.30. The molecule has 0 aliphatic carbocycles. The predicted octanol–water partition coefficient (Wildman–Crippen LogP) is 5.22. The van der Waals surface area contributed by atoms with Crippen LogP contribution in [-0.2, 0) is 17.7 Å². The Morgan fingerprint density at radius 2 is 1.77 bits per heavy atom. The topological polar surface area (TPSA) is 53.0 Å². The van der Waals surface area contributed by atoms with Crippen LogP contribution < -0.4 is 9.04 Å². The summed E-state index contributed by atoms with van der Waals surface area (Å²) in [5.41, 5.74) is 1.74. The third kappa shape index (κ3) is 5.97. The fraction of sp³-hybridized carbons (Fsp3) is 0.333. The fourth-order valence-electron chi connectivity index (χ4n) is 3.32. The maximum Gasteiger partial charge on any atom is 0.573 e. The van der Waals surface area contributed by atoms with Gasteiger partial charge in [-0.05, 0) is 62.2 Å². The number of rotatable bonds is 8. The van der Waals surface area contributed by atoms with Crippen LogP contribution in [0.1, 0.15) is 11.1 Å². The van der Waals surface area contributed by atoms with Crippen molar-refractivity contribution in [3.63, 3.8) is 0 Å². The molecule has 2 aromatic carbocycles. The van der Waals surface area contributed by atoms with Gasteiger partial charge in [0.1, 0.15) is 10.8 Å². The lowest BCUT2D eigenvalue weighted by molar-refractivity contribution is -0.274. The molecular weight excluding hydrogens is 449 g/mol. The van der Waals surface area contributed by atoms with E-state index in [9.17, 15) is 21.9 Å². The van der Waals surface area contributed by atoms with Gasteiger partial charge in [0.25, 0.3) is 11.3 Å². The van der Waals surface area contributed by atoms with Gasteiger partial charge in [0.15, 0.2) is 0 Å². The van der Waals surface area contributed by atoms with E-state index in [4.69, 9.17) is 0 Å². The summed E-state index contributed by atoms with van der Waals surface area (Å²) in [6.45, 7) is 2.20. The van der Waals surface area contributed by atoms with E-state index in [-0.39, 0.29) is 18.3 Å². The number of alkyl halides is 3. The third-order valence-corrected chi connectivity index (χ3v) is 7.09. The summed E-state index contributed by atoms with van der Waals surface area (Å²) < 4.78 is 65.7. The molecule has 10 heteroatoms. The van der Waals surface area contributed by atoms with Crippen LogP contribution in [-0.4, -0.2) is 46.7 Å². The van der Waals surface area contributed by atoms with Crippen LogP contribution in [0.5, 0.6) is 5.75 Å². The number of benzene rings is 2. The largest absolute Gasteiger partial charge is 0.573 e. The Bertz CT molecular complexity index is 1050. The van der Waals surface area contributed by atoms with Gasteiger partial charge in [-0.1, -0.05) is 30.3 Å². The molecule has 3 rings (SSSR count). The predicted molar refractivity (Wildman–Crippen MR) is 119 cm³/mol. The standard InChI is InChI=1S/C21H23F3N2O3S2/c1-14-18-6-4-5-7-19(18)30-20(14)26(31(27)28)13-16(25(2)3)12-15-8-10-17(11-9-15)29-21(22,23)24/h4-11,16H,12-13H2,1-3H3,(H,27,28). The van der Waals surface area contributed by atoms with E-state index in [2.05, 4.69) is 4.74 Å². The molecule has 0 fully saturated rings. The van der Waals surface area contributed by atoms with Crippen LogP contribution in [0.25, 0.3) is 10.1 Å². The Morgan fingerprint density at radius 3 is 2.32 bits per heavy atom. The molecule has 1 aromatic heterocycles. The summed E-state index contributed by atoms with van der Waals surface area (Å²) >= 11 is -0.771. The molecule has 1 N–H and O–H groups in total. The first kappa shape index (κ1) is 23.5. The number of nitrogens with zero attached hydrogens (tertiary/aromatic N) is 2. The molecule has 0 amide bonds. The van der Waals surface area contributed by atoms with Crippen molar-refractivity contribution in [2.45, 2.75) is 25.7 Å². The van der Waals surface area contributed by atoms with Crippen molar-refractivity contribution in [2.24, 2.45) is 0 Å². The molecule has 0 saturated heterocycles. The van der Waals surface area contributed by atoms with Crippen LogP contribution in [0.4, 0.5) is 18.2 Å². The molecule has 0 saturated carbocycles. The van der Waals surface area contributed by atoms with E-state index in [1.165, 1.54) is 27.8 Å². The molecule has 0 spiro atoms. The van der Waals surface area contributed by atoms with Gasteiger partial charge in [-0.2, -0.15) is 0 Å². The zero-order valence-corrected chi connectivity index (χ0v) is 18.9. The van der Waals surface area contributed by atoms with E-state index < -0.39 is 17.6 Å². The minimum absolute atomic E-state index is 0.157. The van der Waals surface area contributed by atoms with Crippen molar-refractivity contribution in [3.8, 4) is 5.75 Å². The monoisotopic (exact) mass is 472 g/mol. The van der Waals surface area contributed by atoms with Gasteiger partial charge in [-0.3, -0.25) is 8.86 Å². The second-order valence-corrected chi connectivity index (χ2v) is 9.27. The zero-order valence-electron chi connectivity index (χ0n) is 17.2. The van der Waals surface area contributed by atoms with E-state index in [0.29, 0.717) is 6.42 Å². The van der Waals surface area contributed by atoms with Crippen LogP contribution in [0.3, 0.4) is 0 Å². The Hall–Kier alpha value is -2.14. The van der Waals surface area contributed by atoms with Crippen LogP contribution in [0.2, 0.25) is 0 Å². The molecule has 168 valence electrons. The molecule has 2 atom stereocenters. The summed E-state index contributed by atoms with van der Waals surface area (Å²) in [5.74, 6) is -0.281. The number of anilines is 1. The fourth-order valence-corrected chi connectivity index (χ4v) is 5.32. The molecule has 2 unspecified atom stereocenters. The smallest absolute Gasteiger partial charge is 0.406 e. The first-order chi connectivity index (χ1) is 14.5. The average molecular weight is 473 g/mol. The Morgan fingerprint density at radius 1 is 1.13 bits per heavy atom. The summed E-state index contributed by atoms with van der Waals surface area (Å²) in [6, 6.07) is 13.3. The molecule has 31 heavy (non-hydrogen) atoms. The zero-order chi connectivity index (χ0) is 22.8. The Kier molecular flexibility index (Phi) is 7.25. The van der Waals surface area contributed by atoms with Gasteiger partial charge in [-0.25, -0.2) is 4.21 Å². The van der Waals surface area contributed by atoms with E-state index in [1.807, 2.05) is 50.2 Å². The van der Waals surface area contributed by atoms with E-state index in [1.54, 1.807) is 12.1 Å².